The number of imidazole rings is 1. The zero-order valence-corrected chi connectivity index (χ0v) is 12.9. The van der Waals surface area contributed by atoms with Gasteiger partial charge in [0, 0.05) is 12.6 Å². The number of hydrogen-bond acceptors (Lipinski definition) is 3. The minimum absolute atomic E-state index is 0.0823. The Morgan fingerprint density at radius 1 is 1.60 bits per heavy atom. The zero-order chi connectivity index (χ0) is 14.7. The number of rotatable bonds is 6. The molecule has 0 atom stereocenters. The van der Waals surface area contributed by atoms with Crippen LogP contribution in [0.15, 0.2) is 34.4 Å². The number of aryl methyl sites for hydroxylation is 1. The number of hydrogen-bond donors (Lipinski definition) is 1. The summed E-state index contributed by atoms with van der Waals surface area (Å²) in [5, 5.41) is 9.33. The van der Waals surface area contributed by atoms with E-state index in [4.69, 9.17) is 5.11 Å². The number of fused-ring (bicyclic) bond motifs is 1. The fourth-order valence-electron chi connectivity index (χ4n) is 1.77. The van der Waals surface area contributed by atoms with Gasteiger partial charge in [-0.05, 0) is 28.4 Å². The highest BCUT2D eigenvalue weighted by molar-refractivity contribution is 9.10. The zero-order valence-electron chi connectivity index (χ0n) is 10.5. The lowest BCUT2D eigenvalue weighted by Gasteiger charge is -2.06. The van der Waals surface area contributed by atoms with E-state index in [1.165, 1.54) is 6.07 Å². The molecular formula is C13H12BrFN2O2S. The van der Waals surface area contributed by atoms with Crippen LogP contribution in [0.5, 0.6) is 0 Å². The Balaban J connectivity index is 2.48. The Morgan fingerprint density at radius 3 is 3.00 bits per heavy atom. The van der Waals surface area contributed by atoms with Crippen molar-refractivity contribution in [1.29, 1.82) is 0 Å². The highest BCUT2D eigenvalue weighted by Crippen LogP contribution is 2.28. The lowest BCUT2D eigenvalue weighted by Crippen LogP contribution is -2.03. The predicted molar refractivity (Wildman–Crippen MR) is 80.6 cm³/mol. The lowest BCUT2D eigenvalue weighted by molar-refractivity contribution is -0.133. The van der Waals surface area contributed by atoms with Crippen LogP contribution in [0.3, 0.4) is 0 Å². The van der Waals surface area contributed by atoms with Gasteiger partial charge >= 0.3 is 5.97 Å². The van der Waals surface area contributed by atoms with Crippen molar-refractivity contribution in [3.8, 4) is 0 Å². The summed E-state index contributed by atoms with van der Waals surface area (Å²) in [5.41, 5.74) is 1.29. The molecule has 1 aromatic carbocycles. The molecule has 1 N–H and O–H groups in total. The number of allylic oxidation sites excluding steroid dienone is 1. The van der Waals surface area contributed by atoms with Gasteiger partial charge in [0.1, 0.15) is 5.82 Å². The van der Waals surface area contributed by atoms with Crippen molar-refractivity contribution in [3.05, 3.63) is 35.1 Å². The summed E-state index contributed by atoms with van der Waals surface area (Å²) < 4.78 is 15.8. The molecule has 7 heteroatoms. The van der Waals surface area contributed by atoms with E-state index in [9.17, 15) is 9.18 Å². The summed E-state index contributed by atoms with van der Waals surface area (Å²) in [7, 11) is 0. The number of carboxylic acids is 1. The fraction of sp³-hybridized carbons (Fsp3) is 0.231. The summed E-state index contributed by atoms with van der Waals surface area (Å²) >= 11 is 4.25. The normalized spacial score (nSPS) is 10.9. The minimum Gasteiger partial charge on any atom is -0.481 e. The Morgan fingerprint density at radius 2 is 2.35 bits per heavy atom. The van der Waals surface area contributed by atoms with Crippen LogP contribution in [-0.2, 0) is 11.3 Å². The molecule has 1 heterocycles. The largest absolute Gasteiger partial charge is 0.481 e. The molecule has 0 amide bonds. The monoisotopic (exact) mass is 358 g/mol. The third kappa shape index (κ3) is 3.21. The van der Waals surface area contributed by atoms with E-state index in [1.807, 2.05) is 4.57 Å². The summed E-state index contributed by atoms with van der Waals surface area (Å²) in [6.45, 7) is 4.25. The van der Waals surface area contributed by atoms with Gasteiger partial charge in [-0.2, -0.15) is 0 Å². The van der Waals surface area contributed by atoms with E-state index in [0.29, 0.717) is 33.6 Å². The maximum absolute atomic E-state index is 13.7. The molecule has 0 aliphatic rings. The molecule has 0 unspecified atom stereocenters. The molecule has 0 radical (unpaired) electrons. The maximum Gasteiger partial charge on any atom is 0.313 e. The predicted octanol–water partition coefficient (Wildman–Crippen LogP) is 3.69. The van der Waals surface area contributed by atoms with Gasteiger partial charge in [0.25, 0.3) is 0 Å². The van der Waals surface area contributed by atoms with Crippen LogP contribution in [0.1, 0.15) is 6.42 Å². The molecule has 0 aliphatic carbocycles. The molecule has 0 spiro atoms. The summed E-state index contributed by atoms with van der Waals surface area (Å²) in [6, 6.07) is 3.00. The van der Waals surface area contributed by atoms with Crippen molar-refractivity contribution >= 4 is 44.7 Å². The SMILES string of the molecule is C=CCCn1c(SCC(=O)O)nc2cc(Br)c(F)cc21. The first kappa shape index (κ1) is 15.1. The van der Waals surface area contributed by atoms with Gasteiger partial charge in [-0.15, -0.1) is 6.58 Å². The Kier molecular flexibility index (Phi) is 4.82. The van der Waals surface area contributed by atoms with Crippen LogP contribution < -0.4 is 0 Å². The van der Waals surface area contributed by atoms with Gasteiger partial charge in [-0.25, -0.2) is 9.37 Å². The van der Waals surface area contributed by atoms with Crippen molar-refractivity contribution in [2.24, 2.45) is 0 Å². The van der Waals surface area contributed by atoms with Crippen LogP contribution in [-0.4, -0.2) is 26.4 Å². The Labute approximate surface area is 127 Å². The van der Waals surface area contributed by atoms with Crippen LogP contribution in [0.2, 0.25) is 0 Å². The number of carbonyl (C=O) groups is 1. The highest BCUT2D eigenvalue weighted by Gasteiger charge is 2.14. The maximum atomic E-state index is 13.7. The average Bonchev–Trinajstić information content (AvgIpc) is 2.72. The van der Waals surface area contributed by atoms with Gasteiger partial charge in [-0.3, -0.25) is 4.79 Å². The van der Waals surface area contributed by atoms with Crippen LogP contribution in [0.25, 0.3) is 11.0 Å². The Bertz CT molecular complexity index is 672. The third-order valence-corrected chi connectivity index (χ3v) is 4.21. The van der Waals surface area contributed by atoms with Gasteiger partial charge in [-0.1, -0.05) is 17.8 Å². The molecule has 2 aromatic rings. The molecule has 4 nitrogen and oxygen atoms in total. The van der Waals surface area contributed by atoms with E-state index in [0.717, 1.165) is 11.8 Å². The number of carboxylic acid groups (broad SMARTS) is 1. The van der Waals surface area contributed by atoms with Crippen molar-refractivity contribution in [2.75, 3.05) is 5.75 Å². The molecule has 0 saturated carbocycles. The molecule has 0 fully saturated rings. The third-order valence-electron chi connectivity index (χ3n) is 2.64. The standard InChI is InChI=1S/C13H12BrFN2O2S/c1-2-3-4-17-11-6-9(15)8(14)5-10(11)16-13(17)20-7-12(18)19/h2,5-6H,1,3-4,7H2,(H,18,19). The first-order valence-corrected chi connectivity index (χ1v) is 7.61. The average molecular weight is 359 g/mol. The second kappa shape index (κ2) is 6.41. The quantitative estimate of drug-likeness (QED) is 0.631. The number of halogens is 2. The van der Waals surface area contributed by atoms with Crippen LogP contribution in [0.4, 0.5) is 4.39 Å². The molecule has 20 heavy (non-hydrogen) atoms. The van der Waals surface area contributed by atoms with E-state index in [2.05, 4.69) is 27.5 Å². The fourth-order valence-corrected chi connectivity index (χ4v) is 2.86. The number of aromatic nitrogens is 2. The molecule has 0 saturated heterocycles. The van der Waals surface area contributed by atoms with E-state index >= 15 is 0 Å². The first-order chi connectivity index (χ1) is 9.52. The van der Waals surface area contributed by atoms with Gasteiger partial charge in [0.15, 0.2) is 5.16 Å². The molecular weight excluding hydrogens is 347 g/mol. The van der Waals surface area contributed by atoms with E-state index in [1.54, 1.807) is 12.1 Å². The second-order valence-corrected chi connectivity index (χ2v) is 5.86. The smallest absolute Gasteiger partial charge is 0.313 e. The first-order valence-electron chi connectivity index (χ1n) is 5.83. The van der Waals surface area contributed by atoms with Crippen molar-refractivity contribution in [2.45, 2.75) is 18.1 Å². The molecule has 1 aromatic heterocycles. The summed E-state index contributed by atoms with van der Waals surface area (Å²) in [5.74, 6) is -1.36. The molecule has 0 bridgehead atoms. The number of nitrogens with zero attached hydrogens (tertiary/aromatic N) is 2. The van der Waals surface area contributed by atoms with E-state index < -0.39 is 5.97 Å². The van der Waals surface area contributed by atoms with E-state index in [-0.39, 0.29) is 11.6 Å². The topological polar surface area (TPSA) is 55.1 Å². The van der Waals surface area contributed by atoms with Crippen molar-refractivity contribution in [3.63, 3.8) is 0 Å². The van der Waals surface area contributed by atoms with Crippen molar-refractivity contribution < 1.29 is 14.3 Å². The van der Waals surface area contributed by atoms with Crippen LogP contribution >= 0.6 is 27.7 Å². The Hall–Kier alpha value is -1.34. The lowest BCUT2D eigenvalue weighted by atomic mass is 10.3. The number of benzene rings is 1. The number of aliphatic carboxylic acids is 1. The van der Waals surface area contributed by atoms with Gasteiger partial charge < -0.3 is 9.67 Å². The van der Waals surface area contributed by atoms with Gasteiger partial charge in [0.05, 0.1) is 21.3 Å². The minimum atomic E-state index is -0.912. The number of thioether (sulfide) groups is 1. The molecule has 106 valence electrons. The second-order valence-electron chi connectivity index (χ2n) is 4.06. The highest BCUT2D eigenvalue weighted by atomic mass is 79.9. The summed E-state index contributed by atoms with van der Waals surface area (Å²) in [4.78, 5) is 15.1. The molecule has 0 aliphatic heterocycles. The molecule has 2 rings (SSSR count). The van der Waals surface area contributed by atoms with Gasteiger partial charge in [0.2, 0.25) is 0 Å². The summed E-state index contributed by atoms with van der Waals surface area (Å²) in [6.07, 6.45) is 2.45. The van der Waals surface area contributed by atoms with Crippen molar-refractivity contribution in [1.82, 2.24) is 9.55 Å². The van der Waals surface area contributed by atoms with Crippen LogP contribution in [0, 0.1) is 5.82 Å².